The highest BCUT2D eigenvalue weighted by Gasteiger charge is 2.08. The summed E-state index contributed by atoms with van der Waals surface area (Å²) in [6.07, 6.45) is 0. The van der Waals surface area contributed by atoms with Gasteiger partial charge in [-0.25, -0.2) is 14.2 Å². The molecule has 0 saturated heterocycles. The number of rotatable bonds is 6. The maximum Gasteiger partial charge on any atom is 0.337 e. The van der Waals surface area contributed by atoms with E-state index < -0.39 is 5.97 Å². The highest BCUT2D eigenvalue weighted by atomic mass is 19.1. The molecular formula is C20H19FN4O2. The minimum absolute atomic E-state index is 0.270. The van der Waals surface area contributed by atoms with Crippen molar-refractivity contribution in [1.29, 1.82) is 0 Å². The van der Waals surface area contributed by atoms with E-state index in [4.69, 9.17) is 4.74 Å². The van der Waals surface area contributed by atoms with Gasteiger partial charge in [0.15, 0.2) is 0 Å². The zero-order chi connectivity index (χ0) is 19.2. The Morgan fingerprint density at radius 1 is 1.11 bits per heavy atom. The van der Waals surface area contributed by atoms with Gasteiger partial charge in [-0.2, -0.15) is 4.98 Å². The lowest BCUT2D eigenvalue weighted by Crippen LogP contribution is -2.07. The van der Waals surface area contributed by atoms with Crippen LogP contribution in [0.15, 0.2) is 54.6 Å². The minimum atomic E-state index is -0.420. The van der Waals surface area contributed by atoms with Crippen LogP contribution < -0.4 is 10.6 Å². The first-order valence-corrected chi connectivity index (χ1v) is 8.33. The Bertz CT molecular complexity index is 962. The molecule has 7 heteroatoms. The van der Waals surface area contributed by atoms with E-state index in [1.807, 2.05) is 6.92 Å². The van der Waals surface area contributed by atoms with Crippen molar-refractivity contribution in [3.8, 4) is 0 Å². The predicted molar refractivity (Wildman–Crippen MR) is 102 cm³/mol. The van der Waals surface area contributed by atoms with Crippen molar-refractivity contribution in [2.75, 3.05) is 17.7 Å². The van der Waals surface area contributed by atoms with Crippen LogP contribution >= 0.6 is 0 Å². The molecule has 0 fully saturated rings. The van der Waals surface area contributed by atoms with Gasteiger partial charge in [0.1, 0.15) is 11.6 Å². The van der Waals surface area contributed by atoms with Crippen LogP contribution in [0.2, 0.25) is 0 Å². The third kappa shape index (κ3) is 4.78. The molecule has 3 aromatic rings. The molecule has 0 spiro atoms. The standard InChI is InChI=1S/C20H19FN4O2/c1-13-10-18(22-12-15-6-3-4-9-17(15)21)25-20(23-13)24-16-8-5-7-14(11-16)19(26)27-2/h3-11H,12H2,1-2H3,(H2,22,23,24,25). The lowest BCUT2D eigenvalue weighted by atomic mass is 10.2. The summed E-state index contributed by atoms with van der Waals surface area (Å²) in [5, 5.41) is 6.17. The normalized spacial score (nSPS) is 10.3. The number of esters is 1. The fourth-order valence-electron chi connectivity index (χ4n) is 2.51. The molecule has 1 heterocycles. The predicted octanol–water partition coefficient (Wildman–Crippen LogP) is 4.07. The molecule has 0 unspecified atom stereocenters. The molecule has 27 heavy (non-hydrogen) atoms. The van der Waals surface area contributed by atoms with Crippen LogP contribution in [0, 0.1) is 12.7 Å². The molecule has 0 amide bonds. The van der Waals surface area contributed by atoms with Crippen LogP contribution in [0.3, 0.4) is 0 Å². The van der Waals surface area contributed by atoms with Gasteiger partial charge in [0.25, 0.3) is 0 Å². The van der Waals surface area contributed by atoms with E-state index >= 15 is 0 Å². The molecule has 0 aliphatic carbocycles. The van der Waals surface area contributed by atoms with Gasteiger partial charge in [-0.1, -0.05) is 24.3 Å². The third-order valence-electron chi connectivity index (χ3n) is 3.81. The number of aromatic nitrogens is 2. The SMILES string of the molecule is COC(=O)c1cccc(Nc2nc(C)cc(NCc3ccccc3F)n2)c1. The summed E-state index contributed by atoms with van der Waals surface area (Å²) >= 11 is 0. The van der Waals surface area contributed by atoms with Gasteiger partial charge in [0.2, 0.25) is 5.95 Å². The van der Waals surface area contributed by atoms with Crippen molar-refractivity contribution in [1.82, 2.24) is 9.97 Å². The highest BCUT2D eigenvalue weighted by Crippen LogP contribution is 2.18. The molecule has 0 bridgehead atoms. The molecule has 1 aromatic heterocycles. The van der Waals surface area contributed by atoms with Crippen molar-refractivity contribution in [2.24, 2.45) is 0 Å². The zero-order valence-corrected chi connectivity index (χ0v) is 15.0. The van der Waals surface area contributed by atoms with E-state index in [2.05, 4.69) is 20.6 Å². The number of carbonyl (C=O) groups excluding carboxylic acids is 1. The van der Waals surface area contributed by atoms with Crippen LogP contribution in [0.1, 0.15) is 21.6 Å². The summed E-state index contributed by atoms with van der Waals surface area (Å²) < 4.78 is 18.5. The fraction of sp³-hybridized carbons (Fsp3) is 0.150. The first kappa shape index (κ1) is 18.3. The van der Waals surface area contributed by atoms with Gasteiger partial charge in [0.05, 0.1) is 12.7 Å². The van der Waals surface area contributed by atoms with E-state index in [-0.39, 0.29) is 5.82 Å². The van der Waals surface area contributed by atoms with E-state index in [1.54, 1.807) is 48.5 Å². The Kier molecular flexibility index (Phi) is 5.61. The monoisotopic (exact) mass is 366 g/mol. The molecular weight excluding hydrogens is 347 g/mol. The first-order valence-electron chi connectivity index (χ1n) is 8.33. The lowest BCUT2D eigenvalue weighted by molar-refractivity contribution is 0.0601. The van der Waals surface area contributed by atoms with Gasteiger partial charge in [-0.15, -0.1) is 0 Å². The first-order chi connectivity index (χ1) is 13.0. The number of carbonyl (C=O) groups is 1. The number of anilines is 3. The summed E-state index contributed by atoms with van der Waals surface area (Å²) in [7, 11) is 1.33. The molecule has 0 radical (unpaired) electrons. The number of hydrogen-bond acceptors (Lipinski definition) is 6. The van der Waals surface area contributed by atoms with Gasteiger partial charge < -0.3 is 15.4 Å². The molecule has 0 atom stereocenters. The van der Waals surface area contributed by atoms with Crippen molar-refractivity contribution < 1.29 is 13.9 Å². The maximum absolute atomic E-state index is 13.7. The Hall–Kier alpha value is -3.48. The summed E-state index contributed by atoms with van der Waals surface area (Å²) in [4.78, 5) is 20.4. The molecule has 0 saturated carbocycles. The second-order valence-corrected chi connectivity index (χ2v) is 5.86. The largest absolute Gasteiger partial charge is 0.465 e. The molecule has 6 nitrogen and oxygen atoms in total. The highest BCUT2D eigenvalue weighted by molar-refractivity contribution is 5.90. The summed E-state index contributed by atoms with van der Waals surface area (Å²) in [5.74, 6) is 0.246. The second-order valence-electron chi connectivity index (χ2n) is 5.86. The smallest absolute Gasteiger partial charge is 0.337 e. The number of halogens is 1. The average Bonchev–Trinajstić information content (AvgIpc) is 2.66. The Labute approximate surface area is 156 Å². The number of nitrogens with one attached hydrogen (secondary N) is 2. The van der Waals surface area contributed by atoms with Crippen LogP contribution in [-0.2, 0) is 11.3 Å². The number of ether oxygens (including phenoxy) is 1. The zero-order valence-electron chi connectivity index (χ0n) is 15.0. The van der Waals surface area contributed by atoms with E-state index in [0.717, 1.165) is 5.69 Å². The molecule has 0 aliphatic heterocycles. The molecule has 0 aliphatic rings. The van der Waals surface area contributed by atoms with Crippen LogP contribution in [0.25, 0.3) is 0 Å². The molecule has 2 aromatic carbocycles. The lowest BCUT2D eigenvalue weighted by Gasteiger charge is -2.11. The number of methoxy groups -OCH3 is 1. The Balaban J connectivity index is 1.75. The van der Waals surface area contributed by atoms with Crippen LogP contribution in [-0.4, -0.2) is 23.0 Å². The summed E-state index contributed by atoms with van der Waals surface area (Å²) in [5.41, 5.74) is 2.37. The van der Waals surface area contributed by atoms with E-state index in [1.165, 1.54) is 13.2 Å². The van der Waals surface area contributed by atoms with E-state index in [9.17, 15) is 9.18 Å². The molecule has 138 valence electrons. The quantitative estimate of drug-likeness (QED) is 0.641. The number of aryl methyl sites for hydroxylation is 1. The molecule has 2 N–H and O–H groups in total. The number of hydrogen-bond donors (Lipinski definition) is 2. The number of benzene rings is 2. The van der Waals surface area contributed by atoms with Gasteiger partial charge >= 0.3 is 5.97 Å². The summed E-state index contributed by atoms with van der Waals surface area (Å²) in [6.45, 7) is 2.15. The Morgan fingerprint density at radius 3 is 2.70 bits per heavy atom. The average molecular weight is 366 g/mol. The van der Waals surface area contributed by atoms with Crippen LogP contribution in [0.4, 0.5) is 21.8 Å². The topological polar surface area (TPSA) is 76.1 Å². The van der Waals surface area contributed by atoms with Crippen LogP contribution in [0.5, 0.6) is 0 Å². The number of nitrogens with zero attached hydrogens (tertiary/aromatic N) is 2. The maximum atomic E-state index is 13.7. The second kappa shape index (κ2) is 8.27. The van der Waals surface area contributed by atoms with Gasteiger partial charge in [-0.3, -0.25) is 0 Å². The Morgan fingerprint density at radius 2 is 1.93 bits per heavy atom. The molecule has 3 rings (SSSR count). The van der Waals surface area contributed by atoms with E-state index in [0.29, 0.717) is 35.1 Å². The minimum Gasteiger partial charge on any atom is -0.465 e. The summed E-state index contributed by atoms with van der Waals surface area (Å²) in [6, 6.07) is 15.2. The fourth-order valence-corrected chi connectivity index (χ4v) is 2.51. The van der Waals surface area contributed by atoms with Crippen molar-refractivity contribution in [3.05, 3.63) is 77.2 Å². The van der Waals surface area contributed by atoms with Crippen molar-refractivity contribution >= 4 is 23.4 Å². The van der Waals surface area contributed by atoms with Gasteiger partial charge in [-0.05, 0) is 31.2 Å². The van der Waals surface area contributed by atoms with Gasteiger partial charge in [0, 0.05) is 29.6 Å². The third-order valence-corrected chi connectivity index (χ3v) is 3.81. The van der Waals surface area contributed by atoms with Crippen molar-refractivity contribution in [2.45, 2.75) is 13.5 Å². The van der Waals surface area contributed by atoms with Crippen molar-refractivity contribution in [3.63, 3.8) is 0 Å².